The van der Waals surface area contributed by atoms with Gasteiger partial charge in [0.1, 0.15) is 17.5 Å². The number of rotatable bonds is 4. The lowest BCUT2D eigenvalue weighted by Gasteiger charge is -2.37. The summed E-state index contributed by atoms with van der Waals surface area (Å²) in [6.45, 7) is 3.69. The molecule has 0 radical (unpaired) electrons. The maximum Gasteiger partial charge on any atom is 0.248 e. The van der Waals surface area contributed by atoms with Gasteiger partial charge in [0, 0.05) is 55.8 Å². The molecule has 1 fully saturated rings. The van der Waals surface area contributed by atoms with Crippen LogP contribution in [0.4, 0.5) is 16.0 Å². The number of pyridine rings is 1. The van der Waals surface area contributed by atoms with Gasteiger partial charge < -0.3 is 20.3 Å². The van der Waals surface area contributed by atoms with Gasteiger partial charge in [0.25, 0.3) is 0 Å². The van der Waals surface area contributed by atoms with Gasteiger partial charge in [0.05, 0.1) is 24.9 Å². The molecule has 0 bridgehead atoms. The normalized spacial score (nSPS) is 20.4. The van der Waals surface area contributed by atoms with Crippen molar-refractivity contribution in [2.75, 3.05) is 36.0 Å². The van der Waals surface area contributed by atoms with E-state index >= 15 is 0 Å². The van der Waals surface area contributed by atoms with Gasteiger partial charge in [0.15, 0.2) is 17.8 Å². The number of nitrogens with zero attached hydrogens (tertiary/aromatic N) is 7. The summed E-state index contributed by atoms with van der Waals surface area (Å²) < 4.78 is 20.0. The number of nitrogens with two attached hydrogens (primary N) is 1. The van der Waals surface area contributed by atoms with Gasteiger partial charge in [-0.2, -0.15) is 0 Å². The number of carbonyl (C=O) groups excluding carboxylic acids is 1. The number of hydrogen-bond donors (Lipinski definition) is 1. The monoisotopic (exact) mass is 450 g/mol. The number of primary amides is 1. The number of aromatic nitrogens is 5. The third kappa shape index (κ3) is 4.19. The Bertz CT molecular complexity index is 1180. The van der Waals surface area contributed by atoms with Crippen LogP contribution >= 0.6 is 0 Å². The van der Waals surface area contributed by atoms with Crippen molar-refractivity contribution in [3.8, 4) is 11.6 Å². The molecule has 3 aromatic rings. The number of carbonyl (C=O) groups is 1. The molecule has 33 heavy (non-hydrogen) atoms. The average Bonchev–Trinajstić information content (AvgIpc) is 2.84. The molecule has 11 heteroatoms. The van der Waals surface area contributed by atoms with E-state index in [9.17, 15) is 9.18 Å². The Morgan fingerprint density at radius 2 is 1.91 bits per heavy atom. The summed E-state index contributed by atoms with van der Waals surface area (Å²) in [4.78, 5) is 37.7. The van der Waals surface area contributed by atoms with Crippen LogP contribution in [0, 0.1) is 5.82 Å². The number of halogens is 1. The van der Waals surface area contributed by atoms with E-state index in [1.54, 1.807) is 24.7 Å². The molecule has 2 N–H and O–H groups in total. The smallest absolute Gasteiger partial charge is 0.248 e. The summed E-state index contributed by atoms with van der Waals surface area (Å²) in [5.74, 6) is 0.982. The fourth-order valence-corrected chi connectivity index (χ4v) is 4.21. The second-order valence-electron chi connectivity index (χ2n) is 8.00. The predicted molar refractivity (Wildman–Crippen MR) is 118 cm³/mol. The maximum absolute atomic E-state index is 14.6. The molecule has 3 aromatic heterocycles. The van der Waals surface area contributed by atoms with Crippen LogP contribution in [0.2, 0.25) is 0 Å². The molecule has 5 rings (SSSR count). The largest absolute Gasteiger partial charge is 0.367 e. The first-order valence-corrected chi connectivity index (χ1v) is 10.7. The molecule has 2 aliphatic rings. The van der Waals surface area contributed by atoms with Crippen LogP contribution in [0.5, 0.6) is 0 Å². The second kappa shape index (κ2) is 8.66. The molecule has 170 valence electrons. The minimum Gasteiger partial charge on any atom is -0.367 e. The van der Waals surface area contributed by atoms with E-state index < -0.39 is 17.8 Å². The molecule has 2 aliphatic heterocycles. The van der Waals surface area contributed by atoms with Crippen LogP contribution in [0.3, 0.4) is 0 Å². The first kappa shape index (κ1) is 21.1. The quantitative estimate of drug-likeness (QED) is 0.626. The van der Waals surface area contributed by atoms with Gasteiger partial charge in [-0.25, -0.2) is 29.3 Å². The lowest BCUT2D eigenvalue weighted by molar-refractivity contribution is -0.130. The fourth-order valence-electron chi connectivity index (χ4n) is 4.21. The zero-order valence-corrected chi connectivity index (χ0v) is 18.1. The van der Waals surface area contributed by atoms with E-state index in [0.717, 1.165) is 11.3 Å². The zero-order valence-electron chi connectivity index (χ0n) is 18.1. The molecule has 1 saturated heterocycles. The summed E-state index contributed by atoms with van der Waals surface area (Å²) in [5.41, 5.74) is 7.26. The lowest BCUT2D eigenvalue weighted by atomic mass is 9.99. The Labute approximate surface area is 189 Å². The Kier molecular flexibility index (Phi) is 5.55. The van der Waals surface area contributed by atoms with Crippen molar-refractivity contribution in [1.29, 1.82) is 0 Å². The number of fused-ring (bicyclic) bond motifs is 1. The van der Waals surface area contributed by atoms with Gasteiger partial charge in [0.2, 0.25) is 5.91 Å². The maximum atomic E-state index is 14.6. The van der Waals surface area contributed by atoms with Crippen molar-refractivity contribution >= 4 is 17.5 Å². The van der Waals surface area contributed by atoms with E-state index in [1.807, 2.05) is 16.7 Å². The van der Waals surface area contributed by atoms with Crippen LogP contribution in [0.1, 0.15) is 24.2 Å². The van der Waals surface area contributed by atoms with E-state index in [0.29, 0.717) is 49.4 Å². The lowest BCUT2D eigenvalue weighted by Crippen LogP contribution is -2.48. The molecule has 0 aliphatic carbocycles. The third-order valence-electron chi connectivity index (χ3n) is 5.94. The molecule has 0 spiro atoms. The van der Waals surface area contributed by atoms with Crippen molar-refractivity contribution in [3.05, 3.63) is 53.9 Å². The van der Waals surface area contributed by atoms with Crippen molar-refractivity contribution in [2.45, 2.75) is 25.5 Å². The zero-order chi connectivity index (χ0) is 22.9. The van der Waals surface area contributed by atoms with Crippen molar-refractivity contribution < 1.29 is 13.9 Å². The molecule has 2 atom stereocenters. The number of morpholine rings is 1. The molecule has 5 heterocycles. The number of hydrogen-bond acceptors (Lipinski definition) is 9. The van der Waals surface area contributed by atoms with Crippen molar-refractivity contribution in [2.24, 2.45) is 5.73 Å². The second-order valence-corrected chi connectivity index (χ2v) is 8.00. The van der Waals surface area contributed by atoms with Gasteiger partial charge in [-0.15, -0.1) is 0 Å². The first-order chi connectivity index (χ1) is 16.0. The van der Waals surface area contributed by atoms with E-state index in [1.165, 1.54) is 12.1 Å². The van der Waals surface area contributed by atoms with Crippen LogP contribution in [0.15, 0.2) is 36.8 Å². The number of anilines is 2. The molecule has 0 aromatic carbocycles. The number of amides is 1. The summed E-state index contributed by atoms with van der Waals surface area (Å²) >= 11 is 0. The molecule has 10 nitrogen and oxygen atoms in total. The highest BCUT2D eigenvalue weighted by Gasteiger charge is 2.30. The summed E-state index contributed by atoms with van der Waals surface area (Å²) in [5, 5.41) is 0. The van der Waals surface area contributed by atoms with Crippen LogP contribution < -0.4 is 15.5 Å². The topological polar surface area (TPSA) is 123 Å². The summed E-state index contributed by atoms with van der Waals surface area (Å²) in [6, 6.07) is 4.42. The highest BCUT2D eigenvalue weighted by Crippen LogP contribution is 2.33. The van der Waals surface area contributed by atoms with E-state index in [-0.39, 0.29) is 12.6 Å². The van der Waals surface area contributed by atoms with Gasteiger partial charge in [-0.1, -0.05) is 0 Å². The Morgan fingerprint density at radius 3 is 2.70 bits per heavy atom. The van der Waals surface area contributed by atoms with Crippen molar-refractivity contribution in [1.82, 2.24) is 24.9 Å². The van der Waals surface area contributed by atoms with Gasteiger partial charge in [-0.05, 0) is 13.0 Å². The Morgan fingerprint density at radius 1 is 1.12 bits per heavy atom. The highest BCUT2D eigenvalue weighted by atomic mass is 19.1. The minimum atomic E-state index is -0.743. The minimum absolute atomic E-state index is 0.107. The third-order valence-corrected chi connectivity index (χ3v) is 5.94. The molecular formula is C22H23FN8O2. The summed E-state index contributed by atoms with van der Waals surface area (Å²) in [7, 11) is 0. The van der Waals surface area contributed by atoms with E-state index in [4.69, 9.17) is 15.5 Å². The average molecular weight is 450 g/mol. The van der Waals surface area contributed by atoms with Gasteiger partial charge >= 0.3 is 0 Å². The molecule has 1 amide bonds. The van der Waals surface area contributed by atoms with Gasteiger partial charge in [-0.3, -0.25) is 4.79 Å². The van der Waals surface area contributed by atoms with Crippen molar-refractivity contribution in [3.63, 3.8) is 0 Å². The Hall–Kier alpha value is -3.73. The van der Waals surface area contributed by atoms with Crippen LogP contribution in [-0.2, 0) is 16.0 Å². The van der Waals surface area contributed by atoms with Crippen LogP contribution in [-0.4, -0.2) is 63.2 Å². The first-order valence-electron chi connectivity index (χ1n) is 10.7. The molecule has 0 saturated carbocycles. The number of ether oxygens (including phenoxy) is 1. The highest BCUT2D eigenvalue weighted by molar-refractivity contribution is 5.79. The predicted octanol–water partition coefficient (Wildman–Crippen LogP) is 1.28. The van der Waals surface area contributed by atoms with Crippen LogP contribution in [0.25, 0.3) is 11.6 Å². The fraction of sp³-hybridized carbons (Fsp3) is 0.364. The molecular weight excluding hydrogens is 427 g/mol. The standard InChI is InChI=1S/C22H23FN8O2/c1-13-15-11-27-22(21-25-4-2-5-26-21)28-16(15)3-6-31(13)19-10-14(23)9-18(29-19)30-7-8-33-17(12-30)20(24)32/h2,4-5,9-11,13,17H,3,6-8,12H2,1H3,(H2,24,32). The Balaban J connectivity index is 1.41. The summed E-state index contributed by atoms with van der Waals surface area (Å²) in [6.07, 6.45) is 5.00. The van der Waals surface area contributed by atoms with E-state index in [2.05, 4.69) is 19.9 Å². The molecule has 2 unspecified atom stereocenters. The SMILES string of the molecule is CC1c2cnc(-c3ncccn3)nc2CCN1c1cc(F)cc(N2CCOC(C(N)=O)C2)n1.